The zero-order chi connectivity index (χ0) is 15.8. The summed E-state index contributed by atoms with van der Waals surface area (Å²) in [6.07, 6.45) is 6.10. The predicted octanol–water partition coefficient (Wildman–Crippen LogP) is 1.07. The van der Waals surface area contributed by atoms with Crippen molar-refractivity contribution in [3.8, 4) is 0 Å². The van der Waals surface area contributed by atoms with Gasteiger partial charge in [-0.05, 0) is 38.0 Å². The Morgan fingerprint density at radius 3 is 2.61 bits per heavy atom. The Morgan fingerprint density at radius 2 is 1.91 bits per heavy atom. The molecule has 2 aliphatic heterocycles. The van der Waals surface area contributed by atoms with Gasteiger partial charge in [-0.3, -0.25) is 9.59 Å². The van der Waals surface area contributed by atoms with Gasteiger partial charge >= 0.3 is 0 Å². The zero-order valence-electron chi connectivity index (χ0n) is 13.8. The smallest absolute Gasteiger partial charge is 0.223 e. The molecule has 2 saturated heterocycles. The maximum absolute atomic E-state index is 12.6. The van der Waals surface area contributed by atoms with E-state index in [0.29, 0.717) is 31.8 Å². The minimum atomic E-state index is -0.0232. The van der Waals surface area contributed by atoms with Gasteiger partial charge in [-0.15, -0.1) is 12.4 Å². The van der Waals surface area contributed by atoms with E-state index >= 15 is 0 Å². The first-order valence-electron chi connectivity index (χ1n) is 8.54. The number of halogens is 1. The molecule has 7 heteroatoms. The molecular weight excluding hydrogens is 318 g/mol. The second kappa shape index (κ2) is 10.8. The summed E-state index contributed by atoms with van der Waals surface area (Å²) >= 11 is 0. The molecule has 2 aliphatic rings. The van der Waals surface area contributed by atoms with Crippen molar-refractivity contribution in [3.05, 3.63) is 0 Å². The number of carbonyl (C=O) groups is 2. The van der Waals surface area contributed by atoms with Crippen molar-refractivity contribution in [1.82, 2.24) is 10.2 Å². The highest BCUT2D eigenvalue weighted by atomic mass is 35.5. The fraction of sp³-hybridized carbons (Fsp3) is 0.875. The van der Waals surface area contributed by atoms with Gasteiger partial charge in [0.15, 0.2) is 0 Å². The van der Waals surface area contributed by atoms with Gasteiger partial charge in [-0.2, -0.15) is 0 Å². The summed E-state index contributed by atoms with van der Waals surface area (Å²) in [7, 11) is 0. The van der Waals surface area contributed by atoms with E-state index in [-0.39, 0.29) is 30.3 Å². The molecular formula is C16H30ClN3O3. The van der Waals surface area contributed by atoms with Crippen LogP contribution in [0.3, 0.4) is 0 Å². The van der Waals surface area contributed by atoms with Crippen LogP contribution in [0.4, 0.5) is 0 Å². The SMILES string of the molecule is Cl.NCCC(=O)NCC1CCCCN1C(=O)CC1CCOCC1. The largest absolute Gasteiger partial charge is 0.381 e. The first-order valence-corrected chi connectivity index (χ1v) is 8.54. The highest BCUT2D eigenvalue weighted by Crippen LogP contribution is 2.23. The Balaban J connectivity index is 0.00000264. The molecule has 0 spiro atoms. The fourth-order valence-electron chi connectivity index (χ4n) is 3.31. The first-order chi connectivity index (χ1) is 10.7. The second-order valence-electron chi connectivity index (χ2n) is 6.34. The molecule has 0 bridgehead atoms. The van der Waals surface area contributed by atoms with Crippen molar-refractivity contribution in [2.75, 3.05) is 32.8 Å². The normalized spacial score (nSPS) is 22.3. The number of nitrogens with one attached hydrogen (secondary N) is 1. The fourth-order valence-corrected chi connectivity index (χ4v) is 3.31. The lowest BCUT2D eigenvalue weighted by Crippen LogP contribution is -2.50. The number of likely N-dealkylation sites (tertiary alicyclic amines) is 1. The minimum absolute atomic E-state index is 0. The van der Waals surface area contributed by atoms with Gasteiger partial charge in [-0.1, -0.05) is 0 Å². The molecule has 1 unspecified atom stereocenters. The van der Waals surface area contributed by atoms with E-state index in [9.17, 15) is 9.59 Å². The molecule has 0 aromatic carbocycles. The van der Waals surface area contributed by atoms with Crippen LogP contribution >= 0.6 is 12.4 Å². The summed E-state index contributed by atoms with van der Waals surface area (Å²) in [5.41, 5.74) is 5.38. The molecule has 23 heavy (non-hydrogen) atoms. The van der Waals surface area contributed by atoms with Gasteiger partial charge in [0.2, 0.25) is 11.8 Å². The third kappa shape index (κ3) is 6.65. The summed E-state index contributed by atoms with van der Waals surface area (Å²) < 4.78 is 5.35. The van der Waals surface area contributed by atoms with Crippen LogP contribution in [0.2, 0.25) is 0 Å². The minimum Gasteiger partial charge on any atom is -0.381 e. The molecule has 3 N–H and O–H groups in total. The van der Waals surface area contributed by atoms with Gasteiger partial charge in [0.05, 0.1) is 0 Å². The number of hydrogen-bond acceptors (Lipinski definition) is 4. The number of piperidine rings is 1. The quantitative estimate of drug-likeness (QED) is 0.752. The summed E-state index contributed by atoms with van der Waals surface area (Å²) in [6.45, 7) is 3.29. The summed E-state index contributed by atoms with van der Waals surface area (Å²) in [5.74, 6) is 0.672. The molecule has 0 aromatic rings. The molecule has 6 nitrogen and oxygen atoms in total. The van der Waals surface area contributed by atoms with E-state index in [4.69, 9.17) is 10.5 Å². The maximum atomic E-state index is 12.6. The number of ether oxygens (including phenoxy) is 1. The Hall–Kier alpha value is -0.850. The summed E-state index contributed by atoms with van der Waals surface area (Å²) in [4.78, 5) is 26.2. The van der Waals surface area contributed by atoms with Gasteiger partial charge in [-0.25, -0.2) is 0 Å². The van der Waals surface area contributed by atoms with Crippen LogP contribution in [-0.4, -0.2) is 55.6 Å². The van der Waals surface area contributed by atoms with E-state index in [1.807, 2.05) is 4.90 Å². The lowest BCUT2D eigenvalue weighted by molar-refractivity contribution is -0.137. The molecule has 0 aliphatic carbocycles. The Labute approximate surface area is 144 Å². The van der Waals surface area contributed by atoms with Crippen LogP contribution in [0, 0.1) is 5.92 Å². The zero-order valence-corrected chi connectivity index (χ0v) is 14.6. The average Bonchev–Trinajstić information content (AvgIpc) is 2.54. The number of nitrogens with zero attached hydrogens (tertiary/aromatic N) is 1. The third-order valence-corrected chi connectivity index (χ3v) is 4.66. The van der Waals surface area contributed by atoms with Crippen molar-refractivity contribution >= 4 is 24.2 Å². The second-order valence-corrected chi connectivity index (χ2v) is 6.34. The first kappa shape index (κ1) is 20.2. The Bertz CT molecular complexity index is 376. The lowest BCUT2D eigenvalue weighted by Gasteiger charge is -2.37. The highest BCUT2D eigenvalue weighted by molar-refractivity contribution is 5.85. The van der Waals surface area contributed by atoms with Crippen LogP contribution in [0.5, 0.6) is 0 Å². The molecule has 2 fully saturated rings. The van der Waals surface area contributed by atoms with E-state index in [0.717, 1.165) is 51.9 Å². The van der Waals surface area contributed by atoms with Crippen molar-refractivity contribution < 1.29 is 14.3 Å². The standard InChI is InChI=1S/C16H29N3O3.ClH/c17-7-4-15(20)18-12-14-3-1-2-8-19(14)16(21)11-13-5-9-22-10-6-13;/h13-14H,1-12,17H2,(H,18,20);1H. The molecule has 1 atom stereocenters. The summed E-state index contributed by atoms with van der Waals surface area (Å²) in [6, 6.07) is 0.141. The van der Waals surface area contributed by atoms with Gasteiger partial charge in [0, 0.05) is 51.7 Å². The van der Waals surface area contributed by atoms with Crippen LogP contribution in [0.25, 0.3) is 0 Å². The number of carbonyl (C=O) groups excluding carboxylic acids is 2. The molecule has 0 radical (unpaired) electrons. The van der Waals surface area contributed by atoms with Crippen molar-refractivity contribution in [3.63, 3.8) is 0 Å². The average molecular weight is 348 g/mol. The monoisotopic (exact) mass is 347 g/mol. The van der Waals surface area contributed by atoms with Crippen LogP contribution in [-0.2, 0) is 14.3 Å². The van der Waals surface area contributed by atoms with Crippen LogP contribution < -0.4 is 11.1 Å². The number of nitrogens with two attached hydrogens (primary N) is 1. The topological polar surface area (TPSA) is 84.7 Å². The molecule has 134 valence electrons. The maximum Gasteiger partial charge on any atom is 0.223 e. The Kier molecular flexibility index (Phi) is 9.52. The predicted molar refractivity (Wildman–Crippen MR) is 91.4 cm³/mol. The molecule has 2 heterocycles. The van der Waals surface area contributed by atoms with E-state index < -0.39 is 0 Å². The van der Waals surface area contributed by atoms with Crippen molar-refractivity contribution in [1.29, 1.82) is 0 Å². The van der Waals surface area contributed by atoms with E-state index in [2.05, 4.69) is 5.32 Å². The van der Waals surface area contributed by atoms with Crippen LogP contribution in [0.1, 0.15) is 44.9 Å². The number of amides is 2. The van der Waals surface area contributed by atoms with E-state index in [1.165, 1.54) is 0 Å². The van der Waals surface area contributed by atoms with E-state index in [1.54, 1.807) is 0 Å². The van der Waals surface area contributed by atoms with Crippen molar-refractivity contribution in [2.45, 2.75) is 51.0 Å². The van der Waals surface area contributed by atoms with Gasteiger partial charge in [0.1, 0.15) is 0 Å². The molecule has 0 aromatic heterocycles. The Morgan fingerprint density at radius 1 is 1.17 bits per heavy atom. The number of hydrogen-bond donors (Lipinski definition) is 2. The summed E-state index contributed by atoms with van der Waals surface area (Å²) in [5, 5.41) is 2.91. The van der Waals surface area contributed by atoms with Gasteiger partial charge in [0.25, 0.3) is 0 Å². The van der Waals surface area contributed by atoms with Gasteiger partial charge < -0.3 is 20.7 Å². The lowest BCUT2D eigenvalue weighted by atomic mass is 9.94. The van der Waals surface area contributed by atoms with Crippen molar-refractivity contribution in [2.24, 2.45) is 11.7 Å². The highest BCUT2D eigenvalue weighted by Gasteiger charge is 2.28. The number of rotatable bonds is 6. The third-order valence-electron chi connectivity index (χ3n) is 4.66. The molecule has 2 amide bonds. The molecule has 2 rings (SSSR count). The van der Waals surface area contributed by atoms with Crippen LogP contribution in [0.15, 0.2) is 0 Å². The molecule has 0 saturated carbocycles.